The van der Waals surface area contributed by atoms with Crippen molar-refractivity contribution >= 4 is 42.0 Å². The van der Waals surface area contributed by atoms with E-state index in [2.05, 4.69) is 0 Å². The van der Waals surface area contributed by atoms with Crippen LogP contribution in [0.1, 0.15) is 77.0 Å². The normalized spacial score (nSPS) is 31.9. The van der Waals surface area contributed by atoms with Gasteiger partial charge in [-0.25, -0.2) is 16.8 Å². The minimum atomic E-state index is -6.96. The maximum absolute atomic E-state index is 14.1. The van der Waals surface area contributed by atoms with Gasteiger partial charge in [-0.05, 0) is 174 Å². The number of hydrogen-bond acceptors (Lipinski definition) is 14. The lowest BCUT2D eigenvalue weighted by molar-refractivity contribution is -0.476. The lowest BCUT2D eigenvalue weighted by Crippen LogP contribution is -2.77. The van der Waals surface area contributed by atoms with Crippen LogP contribution in [0.2, 0.25) is 0 Å². The van der Waals surface area contributed by atoms with E-state index in [1.807, 2.05) is 24.3 Å². The van der Waals surface area contributed by atoms with Gasteiger partial charge < -0.3 is 47.0 Å². The smallest absolute Gasteiger partial charge is 0.426 e. The van der Waals surface area contributed by atoms with Crippen molar-refractivity contribution in [1.29, 1.82) is 0 Å². The Kier molecular flexibility index (Phi) is 22.6. The molecule has 702 valence electrons. The van der Waals surface area contributed by atoms with E-state index in [1.54, 1.807) is 133 Å². The zero-order valence-electron chi connectivity index (χ0n) is 65.2. The average molecular weight is 1940 g/mol. The molecule has 6 aromatic carbocycles. The Hall–Kier alpha value is -7.08. The van der Waals surface area contributed by atoms with Gasteiger partial charge in [0.2, 0.25) is 19.6 Å². The zero-order valence-corrected chi connectivity index (χ0v) is 68.5. The summed E-state index contributed by atoms with van der Waals surface area (Å²) in [7, 11) is -16.0. The van der Waals surface area contributed by atoms with Crippen LogP contribution in [0.25, 0.3) is 0 Å². The molecule has 0 N–H and O–H groups in total. The molecule has 0 radical (unpaired) electrons. The van der Waals surface area contributed by atoms with Gasteiger partial charge in [0.05, 0.1) is 50.8 Å². The van der Waals surface area contributed by atoms with E-state index in [1.165, 1.54) is 0 Å². The average Bonchev–Trinajstić information content (AvgIpc) is 1.49. The number of hydrogen-bond donors (Lipinski definition) is 0. The second-order valence-corrected chi connectivity index (χ2v) is 41.5. The molecule has 6 aromatic rings. The van der Waals surface area contributed by atoms with Gasteiger partial charge in [-0.15, -0.1) is 0 Å². The first-order valence-corrected chi connectivity index (χ1v) is 44.8. The van der Waals surface area contributed by atoms with Crippen molar-refractivity contribution in [3.05, 3.63) is 158 Å². The van der Waals surface area contributed by atoms with Gasteiger partial charge in [0.1, 0.15) is 21.8 Å². The van der Waals surface area contributed by atoms with Gasteiger partial charge in [-0.2, -0.15) is 123 Å². The second-order valence-electron chi connectivity index (χ2n) is 34.8. The fourth-order valence-electron chi connectivity index (χ4n) is 22.9. The highest BCUT2D eigenvalue weighted by Gasteiger charge is 2.93. The molecule has 4 aliphatic heterocycles. The predicted molar refractivity (Wildman–Crippen MR) is 386 cm³/mol. The number of fused-ring (bicyclic) bond motifs is 20. The van der Waals surface area contributed by atoms with Crippen molar-refractivity contribution < 1.29 is 187 Å². The van der Waals surface area contributed by atoms with Gasteiger partial charge in [-0.1, -0.05) is 84.9 Å². The molecular weight excluding hydrogens is 1870 g/mol. The van der Waals surface area contributed by atoms with E-state index >= 15 is 0 Å². The molecule has 4 heterocycles. The van der Waals surface area contributed by atoms with E-state index in [4.69, 9.17) is 37.9 Å². The van der Waals surface area contributed by atoms with E-state index in [0.717, 1.165) is 9.79 Å². The molecule has 4 saturated heterocycles. The number of ether oxygens (including phenoxy) is 8. The van der Waals surface area contributed by atoms with Gasteiger partial charge in [0.15, 0.2) is 53.0 Å². The molecule has 0 amide bonds. The van der Waals surface area contributed by atoms with Crippen molar-refractivity contribution in [1.82, 2.24) is 0 Å². The van der Waals surface area contributed by atoms with Crippen LogP contribution in [0.4, 0.5) is 123 Å². The number of halogens is 28. The van der Waals surface area contributed by atoms with Gasteiger partial charge >= 0.3 is 59.9 Å². The molecule has 8 bridgehead atoms. The van der Waals surface area contributed by atoms with Crippen LogP contribution >= 0.6 is 0 Å². The van der Waals surface area contributed by atoms with E-state index in [0.29, 0.717) is 68.3 Å². The standard InChI is InChI=1S/2C40H35F12O4S.C2H2F4O6S2/c2*41-37(42,43)35(38(44,45)46)29-22-14-16-33(18-22,31(29)55-35)20-53-25-10-4-6-12-27(25)57(24-8-2-1-3-9-24)28-13-7-5-11-26(28)54-21-34-17-15-23(19-34)30-32(34)56-36(30,39(47,48)49)40(50,51)52;3-1(4,13(7,8)9)2(5,6)14(10,11)12/h2*1-13,22-23,29-32H,14-21H2;(H,7,8,9)(H,10,11,12)/q2*+1;/p-2. The molecule has 128 heavy (non-hydrogen) atoms. The topological polar surface area (TPSA) is 188 Å². The Labute approximate surface area is 714 Å². The molecule has 8 aliphatic carbocycles. The Morgan fingerprint density at radius 2 is 0.469 bits per heavy atom. The SMILES string of the molecule is FC(F)(F)C1(C(F)(F)F)OC2C1C1CCC2(COc2ccccc2[S+](c2ccccc2)c2ccccc2OCC23CCC(C2)C2C3OC2(C(F)(F)F)C(F)(F)F)C1.FC(F)(F)C1(C(F)(F)F)OC2C1C1CCC2(COc2ccccc2[S+](c2ccccc2)c2ccccc2OCC23CCC(C2)C2C3OC2(C(F)(F)F)C(F)(F)F)C1.O=S(=O)([O-])C(F)(F)C(F)(F)S(=O)(=O)[O-]. The highest BCUT2D eigenvalue weighted by Crippen LogP contribution is 2.78. The summed E-state index contributed by atoms with van der Waals surface area (Å²) in [6.45, 7) is -0.773. The highest BCUT2D eigenvalue weighted by atomic mass is 32.2. The van der Waals surface area contributed by atoms with Crippen molar-refractivity contribution in [2.24, 2.45) is 69.0 Å². The van der Waals surface area contributed by atoms with Crippen LogP contribution in [0.15, 0.2) is 187 Å². The fraction of sp³-hybridized carbons (Fsp3) is 0.561. The van der Waals surface area contributed by atoms with Crippen molar-refractivity contribution in [2.45, 2.75) is 213 Å². The van der Waals surface area contributed by atoms with Crippen LogP contribution in [-0.2, 0) is 61.0 Å². The summed E-state index contributed by atoms with van der Waals surface area (Å²) >= 11 is 0. The van der Waals surface area contributed by atoms with Crippen LogP contribution < -0.4 is 18.9 Å². The second kappa shape index (κ2) is 30.7. The molecule has 16 atom stereocenters. The first kappa shape index (κ1) is 94.1. The first-order chi connectivity index (χ1) is 59.1. The van der Waals surface area contributed by atoms with Gasteiger partial charge in [0.25, 0.3) is 22.4 Å². The molecule has 0 spiro atoms. The number of alkyl halides is 28. The Morgan fingerprint density at radius 3 is 0.648 bits per heavy atom. The third-order valence-electron chi connectivity index (χ3n) is 28.2. The van der Waals surface area contributed by atoms with Gasteiger partial charge in [0, 0.05) is 45.3 Å². The van der Waals surface area contributed by atoms with E-state index in [-0.39, 0.29) is 77.8 Å². The fourth-order valence-corrected chi connectivity index (χ4v) is 28.6. The minimum Gasteiger partial charge on any atom is -0.743 e. The quantitative estimate of drug-likeness (QED) is 0.0376. The van der Waals surface area contributed by atoms with Crippen molar-refractivity contribution in [2.75, 3.05) is 26.4 Å². The monoisotopic (exact) mass is 1940 g/mol. The molecule has 18 rings (SSSR count). The Morgan fingerprint density at radius 1 is 0.289 bits per heavy atom. The van der Waals surface area contributed by atoms with E-state index < -0.39 is 218 Å². The maximum atomic E-state index is 14.1. The minimum absolute atomic E-state index is 0.0840. The summed E-state index contributed by atoms with van der Waals surface area (Å²) in [6, 6.07) is 45.7. The van der Waals surface area contributed by atoms with Crippen LogP contribution in [0.5, 0.6) is 23.0 Å². The molecule has 0 aromatic heterocycles. The summed E-state index contributed by atoms with van der Waals surface area (Å²) in [4.78, 5) is 3.98. The van der Waals surface area contributed by atoms with Gasteiger partial charge in [-0.3, -0.25) is 0 Å². The van der Waals surface area contributed by atoms with Crippen LogP contribution in [-0.4, -0.2) is 159 Å². The van der Waals surface area contributed by atoms with Crippen molar-refractivity contribution in [3.63, 3.8) is 0 Å². The molecule has 14 nitrogen and oxygen atoms in total. The Balaban J connectivity index is 0.000000164. The molecule has 8 saturated carbocycles. The molecule has 12 fully saturated rings. The third kappa shape index (κ3) is 14.0. The molecule has 12 aliphatic rings. The van der Waals surface area contributed by atoms with E-state index in [9.17, 15) is 149 Å². The summed E-state index contributed by atoms with van der Waals surface area (Å²) in [5, 5.41) is -13.0. The summed E-state index contributed by atoms with van der Waals surface area (Å²) in [6.07, 6.45) is -48.0. The lowest BCUT2D eigenvalue weighted by Gasteiger charge is -2.59. The number of para-hydroxylation sites is 4. The van der Waals surface area contributed by atoms with Crippen molar-refractivity contribution in [3.8, 4) is 23.0 Å². The number of benzene rings is 6. The molecule has 46 heteroatoms. The predicted octanol–water partition coefficient (Wildman–Crippen LogP) is 21.1. The maximum Gasteiger partial charge on any atom is 0.426 e. The summed E-state index contributed by atoms with van der Waals surface area (Å²) < 4.78 is 488. The summed E-state index contributed by atoms with van der Waals surface area (Å²) in [5.74, 6) is -9.18. The Bertz CT molecular complexity index is 4770. The third-order valence-corrected chi connectivity index (χ3v) is 34.7. The molecule has 16 unspecified atom stereocenters. The lowest BCUT2D eigenvalue weighted by atomic mass is 9.64. The highest BCUT2D eigenvalue weighted by molar-refractivity contribution is 7.97. The summed E-state index contributed by atoms with van der Waals surface area (Å²) in [5.41, 5.74) is -21.2. The van der Waals surface area contributed by atoms with Crippen LogP contribution in [0.3, 0.4) is 0 Å². The first-order valence-electron chi connectivity index (χ1n) is 39.5. The molecular formula is C82H70F28O14S4. The van der Waals surface area contributed by atoms with Crippen LogP contribution in [0, 0.1) is 69.0 Å². The zero-order chi connectivity index (χ0) is 93.2. The number of rotatable bonds is 21. The largest absolute Gasteiger partial charge is 0.743 e.